The van der Waals surface area contributed by atoms with Gasteiger partial charge in [0.1, 0.15) is 12.8 Å². The zero-order valence-electron chi connectivity index (χ0n) is 18.6. The van der Waals surface area contributed by atoms with Gasteiger partial charge in [-0.05, 0) is 47.7 Å². The lowest BCUT2D eigenvalue weighted by Crippen LogP contribution is -2.42. The van der Waals surface area contributed by atoms with Gasteiger partial charge in [-0.15, -0.1) is 0 Å². The first-order chi connectivity index (χ1) is 16.6. The average molecular weight is 473 g/mol. The van der Waals surface area contributed by atoms with E-state index in [1.807, 2.05) is 60.7 Å². The van der Waals surface area contributed by atoms with Gasteiger partial charge in [-0.3, -0.25) is 0 Å². The molecule has 7 heteroatoms. The smallest absolute Gasteiger partial charge is 0.265 e. The number of nitrogens with one attached hydrogen (secondary N) is 1. The normalized spacial score (nSPS) is 16.9. The van der Waals surface area contributed by atoms with Crippen LogP contribution in [-0.2, 0) is 16.6 Å². The number of rotatable bonds is 7. The van der Waals surface area contributed by atoms with E-state index in [1.165, 1.54) is 4.31 Å². The van der Waals surface area contributed by atoms with E-state index >= 15 is 0 Å². The van der Waals surface area contributed by atoms with Crippen molar-refractivity contribution in [1.29, 1.82) is 0 Å². The highest BCUT2D eigenvalue weighted by molar-refractivity contribution is 7.89. The Labute approximate surface area is 199 Å². The van der Waals surface area contributed by atoms with Gasteiger partial charge in [0.05, 0.1) is 12.0 Å². The van der Waals surface area contributed by atoms with Crippen LogP contribution in [0.25, 0.3) is 5.57 Å². The molecule has 0 radical (unpaired) electrons. The monoisotopic (exact) mass is 472 g/mol. The molecule has 2 heterocycles. The maximum absolute atomic E-state index is 13.4. The van der Waals surface area contributed by atoms with E-state index < -0.39 is 16.2 Å². The largest absolute Gasteiger partial charge is 0.493 e. The Balaban J connectivity index is 1.52. The van der Waals surface area contributed by atoms with E-state index in [2.05, 4.69) is 5.32 Å². The van der Waals surface area contributed by atoms with Gasteiger partial charge in [-0.2, -0.15) is 0 Å². The summed E-state index contributed by atoms with van der Waals surface area (Å²) in [5, 5.41) is 3.18. The van der Waals surface area contributed by atoms with Crippen LogP contribution in [0.15, 0.2) is 114 Å². The first kappa shape index (κ1) is 21.9. The van der Waals surface area contributed by atoms with Crippen LogP contribution in [0.1, 0.15) is 11.1 Å². The highest BCUT2D eigenvalue weighted by Gasteiger charge is 2.38. The van der Waals surface area contributed by atoms with Crippen molar-refractivity contribution < 1.29 is 17.9 Å². The number of benzene rings is 3. The highest BCUT2D eigenvalue weighted by Crippen LogP contribution is 2.41. The van der Waals surface area contributed by atoms with Gasteiger partial charge in [-0.1, -0.05) is 60.7 Å². The first-order valence-electron chi connectivity index (χ1n) is 10.9. The lowest BCUT2D eigenvalue weighted by molar-refractivity contribution is 0.284. The Bertz CT molecular complexity index is 1380. The molecule has 0 aromatic heterocycles. The molecule has 5 rings (SSSR count). The number of methoxy groups -OCH3 is 1. The summed E-state index contributed by atoms with van der Waals surface area (Å²) in [5.41, 5.74) is 3.54. The maximum atomic E-state index is 13.4. The zero-order chi connectivity index (χ0) is 23.5. The predicted molar refractivity (Wildman–Crippen MR) is 131 cm³/mol. The van der Waals surface area contributed by atoms with Crippen LogP contribution in [0.5, 0.6) is 11.5 Å². The van der Waals surface area contributed by atoms with Crippen LogP contribution in [-0.4, -0.2) is 26.0 Å². The molecular weight excluding hydrogens is 448 g/mol. The minimum Gasteiger partial charge on any atom is -0.493 e. The number of sulfonamides is 1. The maximum Gasteiger partial charge on any atom is 0.265 e. The third-order valence-corrected chi connectivity index (χ3v) is 7.51. The summed E-state index contributed by atoms with van der Waals surface area (Å²) >= 11 is 0. The minimum absolute atomic E-state index is 0.241. The van der Waals surface area contributed by atoms with Crippen molar-refractivity contribution in [3.63, 3.8) is 0 Å². The van der Waals surface area contributed by atoms with Crippen molar-refractivity contribution in [2.24, 2.45) is 0 Å². The number of fused-ring (bicyclic) bond motifs is 1. The molecule has 0 fully saturated rings. The molecule has 3 aromatic rings. The molecule has 0 saturated heterocycles. The van der Waals surface area contributed by atoms with Crippen molar-refractivity contribution in [3.05, 3.63) is 120 Å². The Kier molecular flexibility index (Phi) is 5.86. The second-order valence-electron chi connectivity index (χ2n) is 7.88. The lowest BCUT2D eigenvalue weighted by atomic mass is 9.97. The summed E-state index contributed by atoms with van der Waals surface area (Å²) in [4.78, 5) is 0.241. The number of allylic oxidation sites excluding steroid dienone is 2. The van der Waals surface area contributed by atoms with Gasteiger partial charge in [0.25, 0.3) is 10.0 Å². The molecule has 0 bridgehead atoms. The SMILES string of the molecule is COc1ccc(C2=CN(S(=O)(=O)c3ccccc3)C3NC=CC=C23)cc1OCc1ccccc1. The Morgan fingerprint density at radius 2 is 1.68 bits per heavy atom. The van der Waals surface area contributed by atoms with Crippen LogP contribution in [0, 0.1) is 0 Å². The second kappa shape index (κ2) is 9.11. The zero-order valence-corrected chi connectivity index (χ0v) is 19.4. The number of hydrogen-bond acceptors (Lipinski definition) is 5. The highest BCUT2D eigenvalue weighted by atomic mass is 32.2. The molecule has 0 saturated carbocycles. The standard InChI is InChI=1S/C27H24N2O4S/c1-32-25-15-14-21(17-26(25)33-19-20-9-4-2-5-10-20)24-18-29(27-23(24)13-8-16-28-27)34(30,31)22-11-6-3-7-12-22/h2-18,27-28H,19H2,1H3. The van der Waals surface area contributed by atoms with Gasteiger partial charge in [0.15, 0.2) is 11.5 Å². The molecule has 1 unspecified atom stereocenters. The van der Waals surface area contributed by atoms with Crippen LogP contribution < -0.4 is 14.8 Å². The number of dihydropyridines is 1. The third-order valence-electron chi connectivity index (χ3n) is 5.77. The van der Waals surface area contributed by atoms with Crippen molar-refractivity contribution in [2.45, 2.75) is 17.7 Å². The molecule has 3 aromatic carbocycles. The van der Waals surface area contributed by atoms with E-state index in [0.29, 0.717) is 18.1 Å². The van der Waals surface area contributed by atoms with Gasteiger partial charge in [0, 0.05) is 17.3 Å². The van der Waals surface area contributed by atoms with Crippen molar-refractivity contribution in [2.75, 3.05) is 7.11 Å². The first-order valence-corrected chi connectivity index (χ1v) is 12.3. The number of ether oxygens (including phenoxy) is 2. The Hall–Kier alpha value is -3.97. The number of nitrogens with zero attached hydrogens (tertiary/aromatic N) is 1. The van der Waals surface area contributed by atoms with Gasteiger partial charge in [-0.25, -0.2) is 12.7 Å². The van der Waals surface area contributed by atoms with Crippen molar-refractivity contribution >= 4 is 15.6 Å². The summed E-state index contributed by atoms with van der Waals surface area (Å²) in [6.45, 7) is 0.393. The van der Waals surface area contributed by atoms with E-state index in [4.69, 9.17) is 9.47 Å². The fourth-order valence-electron chi connectivity index (χ4n) is 4.06. The summed E-state index contributed by atoms with van der Waals surface area (Å²) in [6, 6.07) is 24.0. The van der Waals surface area contributed by atoms with E-state index in [1.54, 1.807) is 49.8 Å². The Morgan fingerprint density at radius 1 is 0.941 bits per heavy atom. The van der Waals surface area contributed by atoms with Gasteiger partial charge >= 0.3 is 0 Å². The molecule has 0 amide bonds. The fourth-order valence-corrected chi connectivity index (χ4v) is 5.50. The molecule has 0 spiro atoms. The molecule has 1 N–H and O–H groups in total. The van der Waals surface area contributed by atoms with E-state index in [0.717, 1.165) is 22.3 Å². The number of hydrogen-bond donors (Lipinski definition) is 1. The molecule has 1 atom stereocenters. The summed E-state index contributed by atoms with van der Waals surface area (Å²) in [5.74, 6) is 1.20. The lowest BCUT2D eigenvalue weighted by Gasteiger charge is -2.27. The minimum atomic E-state index is -3.76. The van der Waals surface area contributed by atoms with E-state index in [9.17, 15) is 8.42 Å². The fraction of sp³-hybridized carbons (Fsp3) is 0.111. The topological polar surface area (TPSA) is 67.9 Å². The predicted octanol–water partition coefficient (Wildman–Crippen LogP) is 4.69. The summed E-state index contributed by atoms with van der Waals surface area (Å²) < 4.78 is 39.8. The van der Waals surface area contributed by atoms with Crippen molar-refractivity contribution in [1.82, 2.24) is 9.62 Å². The average Bonchev–Trinajstić information content (AvgIpc) is 3.29. The van der Waals surface area contributed by atoms with Crippen molar-refractivity contribution in [3.8, 4) is 11.5 Å². The van der Waals surface area contributed by atoms with Gasteiger partial charge in [0.2, 0.25) is 0 Å². The Morgan fingerprint density at radius 3 is 2.41 bits per heavy atom. The molecule has 2 aliphatic heterocycles. The van der Waals surface area contributed by atoms with Gasteiger partial charge < -0.3 is 14.8 Å². The summed E-state index contributed by atoms with van der Waals surface area (Å²) in [6.07, 6.45) is 6.71. The van der Waals surface area contributed by atoms with Crippen LogP contribution in [0.4, 0.5) is 0 Å². The molecule has 2 aliphatic rings. The quantitative estimate of drug-likeness (QED) is 0.540. The molecule has 172 valence electrons. The molecule has 0 aliphatic carbocycles. The van der Waals surface area contributed by atoms with E-state index in [-0.39, 0.29) is 4.90 Å². The van der Waals surface area contributed by atoms with Crippen LogP contribution in [0.2, 0.25) is 0 Å². The molecular formula is C27H24N2O4S. The molecule has 34 heavy (non-hydrogen) atoms. The van der Waals surface area contributed by atoms with Crippen LogP contribution in [0.3, 0.4) is 0 Å². The summed E-state index contributed by atoms with van der Waals surface area (Å²) in [7, 11) is -2.16. The van der Waals surface area contributed by atoms with Crippen LogP contribution >= 0.6 is 0 Å². The second-order valence-corrected chi connectivity index (χ2v) is 9.72. The molecule has 6 nitrogen and oxygen atoms in total. The third kappa shape index (κ3) is 4.06.